The number of nitrogens with two attached hydrogens (primary N) is 1. The molecular formula is C12H15BrN2O2S. The number of benzene rings is 1. The van der Waals surface area contributed by atoms with E-state index in [9.17, 15) is 8.42 Å². The van der Waals surface area contributed by atoms with Gasteiger partial charge in [-0.25, -0.2) is 8.42 Å². The number of rotatable bonds is 6. The first-order chi connectivity index (χ1) is 8.43. The van der Waals surface area contributed by atoms with E-state index >= 15 is 0 Å². The van der Waals surface area contributed by atoms with Gasteiger partial charge in [-0.05, 0) is 34.1 Å². The molecule has 0 aliphatic carbocycles. The molecule has 18 heavy (non-hydrogen) atoms. The molecule has 0 fully saturated rings. The summed E-state index contributed by atoms with van der Waals surface area (Å²) in [4.78, 5) is 0.159. The third-order valence-corrected chi connectivity index (χ3v) is 4.82. The Balaban J connectivity index is 3.21. The van der Waals surface area contributed by atoms with Crippen LogP contribution in [0, 0.1) is 0 Å². The van der Waals surface area contributed by atoms with Crippen LogP contribution in [-0.4, -0.2) is 25.8 Å². The molecule has 0 unspecified atom stereocenters. The molecule has 0 aliphatic heterocycles. The second kappa shape index (κ2) is 6.17. The second-order valence-corrected chi connectivity index (χ2v) is 6.37. The summed E-state index contributed by atoms with van der Waals surface area (Å²) >= 11 is 3.23. The zero-order valence-electron chi connectivity index (χ0n) is 9.84. The number of nitrogens with zero attached hydrogens (tertiary/aromatic N) is 1. The summed E-state index contributed by atoms with van der Waals surface area (Å²) in [5, 5.41) is 0. The number of hydrogen-bond acceptors (Lipinski definition) is 3. The molecule has 98 valence electrons. The van der Waals surface area contributed by atoms with Crippen LogP contribution < -0.4 is 5.73 Å². The van der Waals surface area contributed by atoms with Gasteiger partial charge in [-0.3, -0.25) is 0 Å². The Labute approximate surface area is 116 Å². The molecule has 0 atom stereocenters. The standard InChI is InChI=1S/C12H15BrN2O2S/c1-3-7-15(8-4-2)18(16,17)10-5-6-11(13)12(14)9-10/h3-6,9H,1-2,7-8,14H2. The van der Waals surface area contributed by atoms with Crippen molar-refractivity contribution in [2.45, 2.75) is 4.90 Å². The van der Waals surface area contributed by atoms with Gasteiger partial charge < -0.3 is 5.73 Å². The lowest BCUT2D eigenvalue weighted by Crippen LogP contribution is -2.31. The first kappa shape index (κ1) is 14.9. The summed E-state index contributed by atoms with van der Waals surface area (Å²) in [6.45, 7) is 7.55. The van der Waals surface area contributed by atoms with Crippen LogP contribution in [0.5, 0.6) is 0 Å². The zero-order valence-corrected chi connectivity index (χ0v) is 12.2. The van der Waals surface area contributed by atoms with Crippen molar-refractivity contribution >= 4 is 31.6 Å². The Morgan fingerprint density at radius 2 is 1.83 bits per heavy atom. The van der Waals surface area contributed by atoms with Gasteiger partial charge >= 0.3 is 0 Å². The van der Waals surface area contributed by atoms with Crippen LogP contribution in [0.2, 0.25) is 0 Å². The van der Waals surface area contributed by atoms with Crippen molar-refractivity contribution in [1.29, 1.82) is 0 Å². The molecule has 0 saturated heterocycles. The molecule has 0 radical (unpaired) electrons. The largest absolute Gasteiger partial charge is 0.398 e. The van der Waals surface area contributed by atoms with Crippen LogP contribution in [0.1, 0.15) is 0 Å². The maximum Gasteiger partial charge on any atom is 0.243 e. The van der Waals surface area contributed by atoms with Crippen molar-refractivity contribution in [2.75, 3.05) is 18.8 Å². The number of nitrogen functional groups attached to an aromatic ring is 1. The molecule has 6 heteroatoms. The predicted molar refractivity (Wildman–Crippen MR) is 77.7 cm³/mol. The minimum Gasteiger partial charge on any atom is -0.398 e. The van der Waals surface area contributed by atoms with Crippen LogP contribution in [0.25, 0.3) is 0 Å². The maximum absolute atomic E-state index is 12.3. The molecule has 0 bridgehead atoms. The van der Waals surface area contributed by atoms with Gasteiger partial charge in [0.25, 0.3) is 0 Å². The lowest BCUT2D eigenvalue weighted by atomic mass is 10.3. The van der Waals surface area contributed by atoms with Crippen molar-refractivity contribution in [3.8, 4) is 0 Å². The summed E-state index contributed by atoms with van der Waals surface area (Å²) in [6.07, 6.45) is 3.06. The lowest BCUT2D eigenvalue weighted by Gasteiger charge is -2.19. The fourth-order valence-corrected chi connectivity index (χ4v) is 3.05. The molecule has 0 spiro atoms. The molecule has 0 aliphatic rings. The first-order valence-electron chi connectivity index (χ1n) is 5.20. The monoisotopic (exact) mass is 330 g/mol. The highest BCUT2D eigenvalue weighted by atomic mass is 79.9. The quantitative estimate of drug-likeness (QED) is 0.643. The van der Waals surface area contributed by atoms with E-state index < -0.39 is 10.0 Å². The molecule has 2 N–H and O–H groups in total. The van der Waals surface area contributed by atoms with Gasteiger partial charge in [0.15, 0.2) is 0 Å². The van der Waals surface area contributed by atoms with E-state index in [-0.39, 0.29) is 18.0 Å². The Hall–Kier alpha value is -1.11. The van der Waals surface area contributed by atoms with E-state index in [2.05, 4.69) is 29.1 Å². The Morgan fingerprint density at radius 1 is 1.28 bits per heavy atom. The highest BCUT2D eigenvalue weighted by molar-refractivity contribution is 9.10. The van der Waals surface area contributed by atoms with Crippen molar-refractivity contribution in [2.24, 2.45) is 0 Å². The van der Waals surface area contributed by atoms with Crippen LogP contribution >= 0.6 is 15.9 Å². The Morgan fingerprint density at radius 3 is 2.28 bits per heavy atom. The van der Waals surface area contributed by atoms with Crippen LogP contribution in [0.3, 0.4) is 0 Å². The minimum absolute atomic E-state index is 0.159. The molecular weight excluding hydrogens is 316 g/mol. The van der Waals surface area contributed by atoms with Crippen molar-refractivity contribution in [3.05, 3.63) is 48.0 Å². The third kappa shape index (κ3) is 3.22. The number of sulfonamides is 1. The van der Waals surface area contributed by atoms with Gasteiger partial charge in [-0.2, -0.15) is 4.31 Å². The number of anilines is 1. The van der Waals surface area contributed by atoms with E-state index in [4.69, 9.17) is 5.73 Å². The average molecular weight is 331 g/mol. The topological polar surface area (TPSA) is 63.4 Å². The van der Waals surface area contributed by atoms with Crippen molar-refractivity contribution in [3.63, 3.8) is 0 Å². The van der Waals surface area contributed by atoms with Gasteiger partial charge in [0.1, 0.15) is 0 Å². The molecule has 4 nitrogen and oxygen atoms in total. The van der Waals surface area contributed by atoms with Crippen LogP contribution in [-0.2, 0) is 10.0 Å². The third-order valence-electron chi connectivity index (χ3n) is 2.27. The van der Waals surface area contributed by atoms with Gasteiger partial charge in [0, 0.05) is 23.2 Å². The van der Waals surface area contributed by atoms with Gasteiger partial charge in [-0.15, -0.1) is 13.2 Å². The highest BCUT2D eigenvalue weighted by Gasteiger charge is 2.22. The fraction of sp³-hybridized carbons (Fsp3) is 0.167. The smallest absolute Gasteiger partial charge is 0.243 e. The second-order valence-electron chi connectivity index (χ2n) is 3.58. The van der Waals surface area contributed by atoms with E-state index in [1.165, 1.54) is 28.6 Å². The molecule has 1 rings (SSSR count). The highest BCUT2D eigenvalue weighted by Crippen LogP contribution is 2.24. The Kier molecular flexibility index (Phi) is 5.13. The number of halogens is 1. The summed E-state index contributed by atoms with van der Waals surface area (Å²) in [6, 6.07) is 4.55. The van der Waals surface area contributed by atoms with Crippen LogP contribution in [0.4, 0.5) is 5.69 Å². The summed E-state index contributed by atoms with van der Waals surface area (Å²) in [5.74, 6) is 0. The maximum atomic E-state index is 12.3. The van der Waals surface area contributed by atoms with Gasteiger partial charge in [0.05, 0.1) is 4.90 Å². The van der Waals surface area contributed by atoms with E-state index in [0.29, 0.717) is 10.2 Å². The summed E-state index contributed by atoms with van der Waals surface area (Å²) < 4.78 is 26.6. The predicted octanol–water partition coefficient (Wildman–Crippen LogP) is 2.39. The normalized spacial score (nSPS) is 11.4. The zero-order chi connectivity index (χ0) is 13.8. The minimum atomic E-state index is -3.57. The van der Waals surface area contributed by atoms with E-state index in [1.807, 2.05) is 0 Å². The molecule has 0 amide bonds. The lowest BCUT2D eigenvalue weighted by molar-refractivity contribution is 0.474. The first-order valence-corrected chi connectivity index (χ1v) is 7.43. The molecule has 1 aromatic carbocycles. The average Bonchev–Trinajstić information content (AvgIpc) is 2.32. The summed E-state index contributed by atoms with van der Waals surface area (Å²) in [7, 11) is -3.57. The van der Waals surface area contributed by atoms with E-state index in [1.54, 1.807) is 6.07 Å². The van der Waals surface area contributed by atoms with Crippen LogP contribution in [0.15, 0.2) is 52.9 Å². The SMILES string of the molecule is C=CCN(CC=C)S(=O)(=O)c1ccc(Br)c(N)c1. The molecule has 1 aromatic rings. The van der Waals surface area contributed by atoms with E-state index in [0.717, 1.165) is 0 Å². The molecule has 0 saturated carbocycles. The van der Waals surface area contributed by atoms with Crippen molar-refractivity contribution < 1.29 is 8.42 Å². The fourth-order valence-electron chi connectivity index (χ4n) is 1.39. The number of hydrogen-bond donors (Lipinski definition) is 1. The van der Waals surface area contributed by atoms with Gasteiger partial charge in [0.2, 0.25) is 10.0 Å². The molecule has 0 aromatic heterocycles. The molecule has 0 heterocycles. The van der Waals surface area contributed by atoms with Gasteiger partial charge in [-0.1, -0.05) is 12.2 Å². The van der Waals surface area contributed by atoms with Crippen molar-refractivity contribution in [1.82, 2.24) is 4.31 Å². The Bertz CT molecular complexity index is 545. The summed E-state index contributed by atoms with van der Waals surface area (Å²) in [5.41, 5.74) is 6.08.